The lowest BCUT2D eigenvalue weighted by atomic mass is 9.43. The molecule has 5 fully saturated rings. The second-order valence-corrected chi connectivity index (χ2v) is 10.8. The predicted octanol–water partition coefficient (Wildman–Crippen LogP) is 5.46. The summed E-state index contributed by atoms with van der Waals surface area (Å²) < 4.78 is 0. The van der Waals surface area contributed by atoms with E-state index in [9.17, 15) is 0 Å². The van der Waals surface area contributed by atoms with Gasteiger partial charge in [-0.3, -0.25) is 0 Å². The van der Waals surface area contributed by atoms with Gasteiger partial charge >= 0.3 is 0 Å². The topological polar surface area (TPSA) is 12.0 Å². The summed E-state index contributed by atoms with van der Waals surface area (Å²) in [5.41, 5.74) is 3.36. The Balaban J connectivity index is 1.37. The third-order valence-electron chi connectivity index (χ3n) is 7.05. The summed E-state index contributed by atoms with van der Waals surface area (Å²) in [6.07, 6.45) is 11.6. The van der Waals surface area contributed by atoms with Gasteiger partial charge in [-0.2, -0.15) is 0 Å². The quantitative estimate of drug-likeness (QED) is 0.777. The van der Waals surface area contributed by atoms with Crippen LogP contribution in [0.4, 0.5) is 0 Å². The average Bonchev–Trinajstić information content (AvgIpc) is 3.11. The Morgan fingerprint density at radius 1 is 1.09 bits per heavy atom. The fourth-order valence-electron chi connectivity index (χ4n) is 7.16. The lowest BCUT2D eigenvalue weighted by Gasteiger charge is -2.65. The Morgan fingerprint density at radius 3 is 2.45 bits per heavy atom. The Bertz CT molecular complexity index is 581. The highest BCUT2D eigenvalue weighted by atomic mass is 32.1. The molecule has 0 amide bonds. The highest BCUT2D eigenvalue weighted by Crippen LogP contribution is 2.66. The highest BCUT2D eigenvalue weighted by molar-refractivity contribution is 7.10. The van der Waals surface area contributed by atoms with E-state index in [0.29, 0.717) is 16.4 Å². The van der Waals surface area contributed by atoms with Gasteiger partial charge in [0.2, 0.25) is 0 Å². The van der Waals surface area contributed by atoms with Gasteiger partial charge in [-0.05, 0) is 91.0 Å². The van der Waals surface area contributed by atoms with Crippen molar-refractivity contribution in [3.05, 3.63) is 21.9 Å². The van der Waals surface area contributed by atoms with Gasteiger partial charge in [0, 0.05) is 17.0 Å². The standard InChI is InChI=1S/C20H29NS/c1-18-7-14-8-19(2,11-18)13-20(9-14,12-18)21-10-17-16(5-6-22-17)15-3-4-15/h5-6,14-15,21H,3-4,7-13H2,1-2H3/t14?,18-,19+,20?. The number of thiophene rings is 1. The normalized spacial score (nSPS) is 46.4. The number of hydrogen-bond donors (Lipinski definition) is 1. The van der Waals surface area contributed by atoms with Crippen LogP contribution in [0.5, 0.6) is 0 Å². The largest absolute Gasteiger partial charge is 0.306 e. The molecular weight excluding hydrogens is 286 g/mol. The molecule has 5 aliphatic carbocycles. The maximum absolute atomic E-state index is 4.11. The Hall–Kier alpha value is -0.340. The smallest absolute Gasteiger partial charge is 0.0307 e. The zero-order valence-electron chi connectivity index (χ0n) is 14.1. The first-order valence-electron chi connectivity index (χ1n) is 9.28. The molecule has 1 aromatic rings. The lowest BCUT2D eigenvalue weighted by Crippen LogP contribution is -2.63. The van der Waals surface area contributed by atoms with Crippen molar-refractivity contribution in [1.82, 2.24) is 5.32 Å². The fourth-order valence-corrected chi connectivity index (χ4v) is 8.07. The third kappa shape index (κ3) is 2.21. The minimum atomic E-state index is 0.452. The SMILES string of the molecule is C[C@]12CC3CC(NCc4sccc4C4CC4)(C1)C[C@@](C)(C3)C2. The second-order valence-electron chi connectivity index (χ2n) is 9.84. The van der Waals surface area contributed by atoms with Crippen molar-refractivity contribution < 1.29 is 0 Å². The first kappa shape index (κ1) is 14.0. The van der Waals surface area contributed by atoms with Crippen LogP contribution >= 0.6 is 11.3 Å². The molecule has 0 aromatic carbocycles. The predicted molar refractivity (Wildman–Crippen MR) is 93.3 cm³/mol. The molecule has 0 spiro atoms. The van der Waals surface area contributed by atoms with Crippen molar-refractivity contribution in [3.63, 3.8) is 0 Å². The van der Waals surface area contributed by atoms with E-state index in [1.807, 2.05) is 11.3 Å². The van der Waals surface area contributed by atoms with Crippen LogP contribution in [0.15, 0.2) is 11.4 Å². The van der Waals surface area contributed by atoms with Crippen molar-refractivity contribution >= 4 is 11.3 Å². The molecule has 5 saturated carbocycles. The van der Waals surface area contributed by atoms with Crippen molar-refractivity contribution in [3.8, 4) is 0 Å². The second kappa shape index (κ2) is 4.39. The Kier molecular flexibility index (Phi) is 2.80. The van der Waals surface area contributed by atoms with Gasteiger partial charge in [-0.15, -0.1) is 11.3 Å². The molecule has 5 aliphatic rings. The van der Waals surface area contributed by atoms with Gasteiger partial charge in [-0.1, -0.05) is 13.8 Å². The van der Waals surface area contributed by atoms with Crippen LogP contribution in [0.3, 0.4) is 0 Å². The first-order chi connectivity index (χ1) is 10.5. The van der Waals surface area contributed by atoms with Gasteiger partial charge in [0.15, 0.2) is 0 Å². The number of rotatable bonds is 4. The lowest BCUT2D eigenvalue weighted by molar-refractivity contribution is -0.118. The van der Waals surface area contributed by atoms with Crippen LogP contribution in [0, 0.1) is 16.7 Å². The van der Waals surface area contributed by atoms with E-state index in [4.69, 9.17) is 0 Å². The molecule has 120 valence electrons. The number of hydrogen-bond acceptors (Lipinski definition) is 2. The summed E-state index contributed by atoms with van der Waals surface area (Å²) in [6, 6.07) is 2.39. The van der Waals surface area contributed by atoms with Gasteiger partial charge in [0.05, 0.1) is 0 Å². The van der Waals surface area contributed by atoms with Gasteiger partial charge in [0.25, 0.3) is 0 Å². The Labute approximate surface area is 138 Å². The summed E-state index contributed by atoms with van der Waals surface area (Å²) in [4.78, 5) is 1.63. The molecule has 1 N–H and O–H groups in total. The highest BCUT2D eigenvalue weighted by Gasteiger charge is 2.59. The molecule has 0 saturated heterocycles. The fraction of sp³-hybridized carbons (Fsp3) is 0.800. The van der Waals surface area contributed by atoms with E-state index in [1.54, 1.807) is 10.4 Å². The van der Waals surface area contributed by atoms with Crippen molar-refractivity contribution in [2.75, 3.05) is 0 Å². The maximum Gasteiger partial charge on any atom is 0.0307 e. The van der Waals surface area contributed by atoms with Crippen molar-refractivity contribution in [2.24, 2.45) is 16.7 Å². The van der Waals surface area contributed by atoms with Crippen LogP contribution in [0.2, 0.25) is 0 Å². The molecule has 2 heteroatoms. The van der Waals surface area contributed by atoms with Gasteiger partial charge in [0.1, 0.15) is 0 Å². The summed E-state index contributed by atoms with van der Waals surface area (Å²) in [5, 5.41) is 6.43. The number of nitrogens with one attached hydrogen (secondary N) is 1. The summed E-state index contributed by atoms with van der Waals surface area (Å²) >= 11 is 1.98. The molecule has 22 heavy (non-hydrogen) atoms. The molecule has 1 aromatic heterocycles. The Morgan fingerprint density at radius 2 is 1.82 bits per heavy atom. The third-order valence-corrected chi connectivity index (χ3v) is 7.98. The van der Waals surface area contributed by atoms with Crippen molar-refractivity contribution in [2.45, 2.75) is 83.2 Å². The first-order valence-corrected chi connectivity index (χ1v) is 10.2. The van der Waals surface area contributed by atoms with Crippen LogP contribution < -0.4 is 5.32 Å². The van der Waals surface area contributed by atoms with Crippen LogP contribution in [0.1, 0.15) is 81.6 Å². The van der Waals surface area contributed by atoms with E-state index in [0.717, 1.165) is 18.4 Å². The van der Waals surface area contributed by atoms with E-state index >= 15 is 0 Å². The molecule has 6 rings (SSSR count). The van der Waals surface area contributed by atoms with Crippen LogP contribution in [-0.2, 0) is 6.54 Å². The van der Waals surface area contributed by atoms with Crippen LogP contribution in [-0.4, -0.2) is 5.54 Å². The maximum atomic E-state index is 4.11. The van der Waals surface area contributed by atoms with Gasteiger partial charge < -0.3 is 5.32 Å². The van der Waals surface area contributed by atoms with E-state index in [2.05, 4.69) is 30.6 Å². The molecule has 2 unspecified atom stereocenters. The summed E-state index contributed by atoms with van der Waals surface area (Å²) in [7, 11) is 0. The zero-order chi connectivity index (χ0) is 15.0. The summed E-state index contributed by atoms with van der Waals surface area (Å²) in [6.45, 7) is 6.28. The van der Waals surface area contributed by atoms with Crippen molar-refractivity contribution in [1.29, 1.82) is 0 Å². The van der Waals surface area contributed by atoms with E-state index in [1.165, 1.54) is 51.4 Å². The molecule has 4 atom stereocenters. The monoisotopic (exact) mass is 315 g/mol. The van der Waals surface area contributed by atoms with E-state index in [-0.39, 0.29) is 0 Å². The minimum Gasteiger partial charge on any atom is -0.306 e. The summed E-state index contributed by atoms with van der Waals surface area (Å²) in [5.74, 6) is 1.89. The molecule has 0 radical (unpaired) electrons. The molecule has 1 heterocycles. The van der Waals surface area contributed by atoms with Crippen LogP contribution in [0.25, 0.3) is 0 Å². The van der Waals surface area contributed by atoms with E-state index < -0.39 is 0 Å². The molecule has 0 aliphatic heterocycles. The van der Waals surface area contributed by atoms with Gasteiger partial charge in [-0.25, -0.2) is 0 Å². The average molecular weight is 316 g/mol. The zero-order valence-corrected chi connectivity index (χ0v) is 14.9. The molecule has 1 nitrogen and oxygen atoms in total. The molecule has 4 bridgehead atoms. The molecular formula is C20H29NS. The minimum absolute atomic E-state index is 0.452.